The third-order valence-electron chi connectivity index (χ3n) is 3.06. The highest BCUT2D eigenvalue weighted by Gasteiger charge is 2.10. The van der Waals surface area contributed by atoms with Crippen molar-refractivity contribution in [3.63, 3.8) is 0 Å². The zero-order valence-electron chi connectivity index (χ0n) is 11.6. The monoisotopic (exact) mass is 234 g/mol. The molecule has 0 saturated carbocycles. The maximum Gasteiger partial charge on any atom is 0.0317 e. The first-order valence-electron chi connectivity index (χ1n) is 6.57. The maximum absolute atomic E-state index is 5.81. The van der Waals surface area contributed by atoms with Gasteiger partial charge in [0, 0.05) is 18.3 Å². The molecule has 0 bridgehead atoms. The molecule has 1 aromatic carbocycles. The molecular weight excluding hydrogens is 208 g/mol. The SMILES string of the molecule is CC(C)CCN(Cc1cccc(N)c1)C(C)C. The van der Waals surface area contributed by atoms with Crippen molar-refractivity contribution in [1.29, 1.82) is 0 Å². The Kier molecular flexibility index (Phi) is 5.49. The first kappa shape index (κ1) is 14.0. The molecule has 0 aliphatic carbocycles. The fourth-order valence-electron chi connectivity index (χ4n) is 1.87. The van der Waals surface area contributed by atoms with Gasteiger partial charge in [-0.2, -0.15) is 0 Å². The van der Waals surface area contributed by atoms with E-state index in [0.717, 1.165) is 24.7 Å². The van der Waals surface area contributed by atoms with Crippen LogP contribution in [0.5, 0.6) is 0 Å². The van der Waals surface area contributed by atoms with Crippen LogP contribution in [-0.4, -0.2) is 17.5 Å². The number of anilines is 1. The van der Waals surface area contributed by atoms with Crippen LogP contribution in [0.2, 0.25) is 0 Å². The maximum atomic E-state index is 5.81. The molecule has 0 heterocycles. The van der Waals surface area contributed by atoms with Crippen LogP contribution in [0.1, 0.15) is 39.7 Å². The quantitative estimate of drug-likeness (QED) is 0.763. The number of rotatable bonds is 6. The van der Waals surface area contributed by atoms with Gasteiger partial charge in [-0.3, -0.25) is 4.90 Å². The summed E-state index contributed by atoms with van der Waals surface area (Å²) in [5.41, 5.74) is 7.98. The molecule has 0 aliphatic rings. The van der Waals surface area contributed by atoms with E-state index >= 15 is 0 Å². The molecule has 0 atom stereocenters. The summed E-state index contributed by atoms with van der Waals surface area (Å²) in [6.07, 6.45) is 1.25. The van der Waals surface area contributed by atoms with E-state index in [9.17, 15) is 0 Å². The Labute approximate surface area is 106 Å². The summed E-state index contributed by atoms with van der Waals surface area (Å²) in [7, 11) is 0. The highest BCUT2D eigenvalue weighted by atomic mass is 15.1. The number of nitrogen functional groups attached to an aromatic ring is 1. The lowest BCUT2D eigenvalue weighted by molar-refractivity contribution is 0.201. The standard InChI is InChI=1S/C15H26N2/c1-12(2)8-9-17(13(3)4)11-14-6-5-7-15(16)10-14/h5-7,10,12-13H,8-9,11,16H2,1-4H3. The number of hydrogen-bond acceptors (Lipinski definition) is 2. The van der Waals surface area contributed by atoms with Gasteiger partial charge in [0.1, 0.15) is 0 Å². The Balaban J connectivity index is 2.60. The molecule has 17 heavy (non-hydrogen) atoms. The van der Waals surface area contributed by atoms with Crippen molar-refractivity contribution in [2.45, 2.75) is 46.7 Å². The average Bonchev–Trinajstić information content (AvgIpc) is 2.23. The van der Waals surface area contributed by atoms with Gasteiger partial charge in [-0.1, -0.05) is 26.0 Å². The van der Waals surface area contributed by atoms with Crippen LogP contribution in [0, 0.1) is 5.92 Å². The van der Waals surface area contributed by atoms with Crippen LogP contribution in [0.25, 0.3) is 0 Å². The Hall–Kier alpha value is -1.02. The molecule has 0 unspecified atom stereocenters. The van der Waals surface area contributed by atoms with E-state index in [-0.39, 0.29) is 0 Å². The predicted molar refractivity (Wildman–Crippen MR) is 75.9 cm³/mol. The molecule has 2 nitrogen and oxygen atoms in total. The molecule has 1 rings (SSSR count). The number of benzene rings is 1. The van der Waals surface area contributed by atoms with Crippen molar-refractivity contribution in [2.75, 3.05) is 12.3 Å². The summed E-state index contributed by atoms with van der Waals surface area (Å²) >= 11 is 0. The second kappa shape index (κ2) is 6.65. The van der Waals surface area contributed by atoms with E-state index in [1.807, 2.05) is 12.1 Å². The largest absolute Gasteiger partial charge is 0.399 e. The molecule has 0 aliphatic heterocycles. The second-order valence-electron chi connectivity index (χ2n) is 5.49. The van der Waals surface area contributed by atoms with E-state index in [2.05, 4.69) is 44.7 Å². The fourth-order valence-corrected chi connectivity index (χ4v) is 1.87. The van der Waals surface area contributed by atoms with Gasteiger partial charge in [0.15, 0.2) is 0 Å². The van der Waals surface area contributed by atoms with E-state index in [1.165, 1.54) is 12.0 Å². The second-order valence-corrected chi connectivity index (χ2v) is 5.49. The lowest BCUT2D eigenvalue weighted by atomic mass is 10.1. The van der Waals surface area contributed by atoms with Crippen LogP contribution >= 0.6 is 0 Å². The van der Waals surface area contributed by atoms with Gasteiger partial charge in [0.25, 0.3) is 0 Å². The normalized spacial score (nSPS) is 11.7. The average molecular weight is 234 g/mol. The molecule has 96 valence electrons. The minimum absolute atomic E-state index is 0.579. The van der Waals surface area contributed by atoms with Crippen molar-refractivity contribution in [3.8, 4) is 0 Å². The van der Waals surface area contributed by atoms with E-state index < -0.39 is 0 Å². The lowest BCUT2D eigenvalue weighted by Crippen LogP contribution is -2.31. The molecule has 0 aromatic heterocycles. The summed E-state index contributed by atoms with van der Waals surface area (Å²) < 4.78 is 0. The van der Waals surface area contributed by atoms with Crippen molar-refractivity contribution in [2.24, 2.45) is 5.92 Å². The Morgan fingerprint density at radius 2 is 1.88 bits per heavy atom. The van der Waals surface area contributed by atoms with Gasteiger partial charge in [0.05, 0.1) is 0 Å². The molecule has 1 aromatic rings. The molecule has 2 N–H and O–H groups in total. The molecule has 0 spiro atoms. The Morgan fingerprint density at radius 1 is 1.18 bits per heavy atom. The van der Waals surface area contributed by atoms with Crippen LogP contribution in [0.4, 0.5) is 5.69 Å². The minimum Gasteiger partial charge on any atom is -0.399 e. The molecule has 0 saturated heterocycles. The van der Waals surface area contributed by atoms with Crippen molar-refractivity contribution in [3.05, 3.63) is 29.8 Å². The molecule has 0 amide bonds. The van der Waals surface area contributed by atoms with E-state index in [1.54, 1.807) is 0 Å². The summed E-state index contributed by atoms with van der Waals surface area (Å²) in [5.74, 6) is 0.761. The van der Waals surface area contributed by atoms with Crippen LogP contribution < -0.4 is 5.73 Å². The molecule has 0 radical (unpaired) electrons. The topological polar surface area (TPSA) is 29.3 Å². The Morgan fingerprint density at radius 3 is 2.41 bits per heavy atom. The minimum atomic E-state index is 0.579. The van der Waals surface area contributed by atoms with Gasteiger partial charge in [-0.05, 0) is 50.4 Å². The third-order valence-corrected chi connectivity index (χ3v) is 3.06. The first-order valence-corrected chi connectivity index (χ1v) is 6.57. The summed E-state index contributed by atoms with van der Waals surface area (Å²) in [6.45, 7) is 11.2. The zero-order valence-corrected chi connectivity index (χ0v) is 11.6. The summed E-state index contributed by atoms with van der Waals surface area (Å²) in [5, 5.41) is 0. The lowest BCUT2D eigenvalue weighted by Gasteiger charge is -2.27. The smallest absolute Gasteiger partial charge is 0.0317 e. The van der Waals surface area contributed by atoms with E-state index in [0.29, 0.717) is 6.04 Å². The van der Waals surface area contributed by atoms with Gasteiger partial charge >= 0.3 is 0 Å². The van der Waals surface area contributed by atoms with Gasteiger partial charge in [-0.15, -0.1) is 0 Å². The Bertz CT molecular complexity index is 331. The van der Waals surface area contributed by atoms with Gasteiger partial charge in [0.2, 0.25) is 0 Å². The van der Waals surface area contributed by atoms with Crippen LogP contribution in [-0.2, 0) is 6.54 Å². The zero-order chi connectivity index (χ0) is 12.8. The summed E-state index contributed by atoms with van der Waals surface area (Å²) in [4.78, 5) is 2.51. The van der Waals surface area contributed by atoms with E-state index in [4.69, 9.17) is 5.73 Å². The highest BCUT2D eigenvalue weighted by Crippen LogP contribution is 2.13. The van der Waals surface area contributed by atoms with Crippen molar-refractivity contribution in [1.82, 2.24) is 4.90 Å². The van der Waals surface area contributed by atoms with Gasteiger partial charge < -0.3 is 5.73 Å². The van der Waals surface area contributed by atoms with Crippen LogP contribution in [0.3, 0.4) is 0 Å². The third kappa shape index (κ3) is 5.22. The first-order chi connectivity index (χ1) is 7.99. The molecule has 0 fully saturated rings. The fraction of sp³-hybridized carbons (Fsp3) is 0.600. The van der Waals surface area contributed by atoms with Crippen LogP contribution in [0.15, 0.2) is 24.3 Å². The molecule has 2 heteroatoms. The number of hydrogen-bond donors (Lipinski definition) is 1. The van der Waals surface area contributed by atoms with Gasteiger partial charge in [-0.25, -0.2) is 0 Å². The summed E-state index contributed by atoms with van der Waals surface area (Å²) in [6, 6.07) is 8.78. The highest BCUT2D eigenvalue weighted by molar-refractivity contribution is 5.40. The molecular formula is C15H26N2. The predicted octanol–water partition coefficient (Wildman–Crippen LogP) is 3.53. The number of nitrogens with two attached hydrogens (primary N) is 1. The van der Waals surface area contributed by atoms with Crippen molar-refractivity contribution < 1.29 is 0 Å². The number of nitrogens with zero attached hydrogens (tertiary/aromatic N) is 1. The van der Waals surface area contributed by atoms with Crippen molar-refractivity contribution >= 4 is 5.69 Å².